The van der Waals surface area contributed by atoms with Gasteiger partial charge in [0.1, 0.15) is 17.2 Å². The number of para-hydroxylation sites is 1. The van der Waals surface area contributed by atoms with Gasteiger partial charge in [-0.05, 0) is 30.7 Å². The lowest BCUT2D eigenvalue weighted by Crippen LogP contribution is -2.29. The molecule has 0 aliphatic heterocycles. The lowest BCUT2D eigenvalue weighted by atomic mass is 10.1. The van der Waals surface area contributed by atoms with Crippen molar-refractivity contribution in [2.75, 3.05) is 13.7 Å². The maximum atomic E-state index is 11.5. The highest BCUT2D eigenvalue weighted by atomic mass is 16.5. The first-order valence-electron chi connectivity index (χ1n) is 7.38. The van der Waals surface area contributed by atoms with Gasteiger partial charge in [0.25, 0.3) is 0 Å². The molecule has 0 heterocycles. The molecule has 0 fully saturated rings. The van der Waals surface area contributed by atoms with Crippen LogP contribution in [0.5, 0.6) is 17.2 Å². The summed E-state index contributed by atoms with van der Waals surface area (Å²) in [6.07, 6.45) is -0.799. The normalized spacial score (nSPS) is 11.6. The molecule has 0 aromatic heterocycles. The van der Waals surface area contributed by atoms with Gasteiger partial charge in [0, 0.05) is 12.5 Å². The Labute approximate surface area is 135 Å². The number of aliphatic carboxylic acids is 1. The molecule has 1 atom stereocenters. The zero-order valence-electron chi connectivity index (χ0n) is 13.2. The number of benzene rings is 2. The average Bonchev–Trinajstić information content (AvgIpc) is 2.56. The van der Waals surface area contributed by atoms with E-state index in [4.69, 9.17) is 14.2 Å². The first kappa shape index (κ1) is 16.7. The maximum Gasteiger partial charge on any atom is 0.345 e. The van der Waals surface area contributed by atoms with E-state index < -0.39 is 12.1 Å². The standard InChI is InChI=1S/C18H20O5/c1-3-22-16-10-5-4-7-13(16)11-17(18(19)20)23-15-9-6-8-14(12-15)21-2/h4-10,12,17H,3,11H2,1-2H3,(H,19,20). The highest BCUT2D eigenvalue weighted by Gasteiger charge is 2.22. The fourth-order valence-corrected chi connectivity index (χ4v) is 2.19. The fraction of sp³-hybridized carbons (Fsp3) is 0.278. The summed E-state index contributed by atoms with van der Waals surface area (Å²) in [7, 11) is 1.55. The summed E-state index contributed by atoms with van der Waals surface area (Å²) in [6.45, 7) is 2.41. The lowest BCUT2D eigenvalue weighted by Gasteiger charge is -2.17. The van der Waals surface area contributed by atoms with Crippen molar-refractivity contribution in [1.29, 1.82) is 0 Å². The first-order chi connectivity index (χ1) is 11.1. The third-order valence-electron chi connectivity index (χ3n) is 3.27. The van der Waals surface area contributed by atoms with Crippen LogP contribution in [0.3, 0.4) is 0 Å². The summed E-state index contributed by atoms with van der Waals surface area (Å²) in [4.78, 5) is 11.5. The molecule has 23 heavy (non-hydrogen) atoms. The second-order valence-corrected chi connectivity index (χ2v) is 4.87. The van der Waals surface area contributed by atoms with E-state index in [0.29, 0.717) is 23.9 Å². The van der Waals surface area contributed by atoms with Crippen LogP contribution in [0.4, 0.5) is 0 Å². The van der Waals surface area contributed by atoms with E-state index in [-0.39, 0.29) is 6.42 Å². The third kappa shape index (κ3) is 4.64. The number of carbonyl (C=O) groups is 1. The third-order valence-corrected chi connectivity index (χ3v) is 3.27. The Morgan fingerprint density at radius 1 is 1.13 bits per heavy atom. The number of carboxylic acids is 1. The maximum absolute atomic E-state index is 11.5. The summed E-state index contributed by atoms with van der Waals surface area (Å²) >= 11 is 0. The van der Waals surface area contributed by atoms with Crippen LogP contribution in [0.25, 0.3) is 0 Å². The van der Waals surface area contributed by atoms with Gasteiger partial charge in [0.2, 0.25) is 0 Å². The quantitative estimate of drug-likeness (QED) is 0.810. The van der Waals surface area contributed by atoms with Gasteiger partial charge in [0.15, 0.2) is 6.10 Å². The second-order valence-electron chi connectivity index (χ2n) is 4.87. The van der Waals surface area contributed by atoms with Crippen molar-refractivity contribution in [2.24, 2.45) is 0 Å². The zero-order valence-corrected chi connectivity index (χ0v) is 13.2. The number of carboxylic acid groups (broad SMARTS) is 1. The molecule has 0 aliphatic rings. The van der Waals surface area contributed by atoms with Gasteiger partial charge in [0.05, 0.1) is 13.7 Å². The number of hydrogen-bond acceptors (Lipinski definition) is 4. The summed E-state index contributed by atoms with van der Waals surface area (Å²) in [5.41, 5.74) is 0.796. The number of methoxy groups -OCH3 is 1. The van der Waals surface area contributed by atoms with Crippen molar-refractivity contribution in [3.63, 3.8) is 0 Å². The smallest absolute Gasteiger partial charge is 0.345 e. The van der Waals surface area contributed by atoms with Gasteiger partial charge in [-0.3, -0.25) is 0 Å². The minimum atomic E-state index is -1.03. The van der Waals surface area contributed by atoms with Crippen LogP contribution in [0.2, 0.25) is 0 Å². The highest BCUT2D eigenvalue weighted by Crippen LogP contribution is 2.24. The number of hydrogen-bond donors (Lipinski definition) is 1. The molecule has 0 saturated heterocycles. The van der Waals surface area contributed by atoms with E-state index in [1.54, 1.807) is 31.4 Å². The molecule has 0 bridgehead atoms. The van der Waals surface area contributed by atoms with Crippen molar-refractivity contribution < 1.29 is 24.1 Å². The molecule has 0 aliphatic carbocycles. The SMILES string of the molecule is CCOc1ccccc1CC(Oc1cccc(OC)c1)C(=O)O. The van der Waals surface area contributed by atoms with Crippen LogP contribution in [0, 0.1) is 0 Å². The molecule has 2 aromatic rings. The Morgan fingerprint density at radius 2 is 1.87 bits per heavy atom. The van der Waals surface area contributed by atoms with E-state index in [0.717, 1.165) is 5.56 Å². The van der Waals surface area contributed by atoms with Gasteiger partial charge in [-0.15, -0.1) is 0 Å². The molecule has 0 radical (unpaired) electrons. The fourth-order valence-electron chi connectivity index (χ4n) is 2.19. The topological polar surface area (TPSA) is 65.0 Å². The molecule has 1 unspecified atom stereocenters. The van der Waals surface area contributed by atoms with Gasteiger partial charge < -0.3 is 19.3 Å². The Hall–Kier alpha value is -2.69. The monoisotopic (exact) mass is 316 g/mol. The zero-order chi connectivity index (χ0) is 16.7. The summed E-state index contributed by atoms with van der Waals surface area (Å²) in [5.74, 6) is 0.710. The molecule has 5 nitrogen and oxygen atoms in total. The molecule has 0 saturated carbocycles. The Morgan fingerprint density at radius 3 is 2.57 bits per heavy atom. The summed E-state index contributed by atoms with van der Waals surface area (Å²) in [6, 6.07) is 14.3. The molecular weight excluding hydrogens is 296 g/mol. The molecule has 0 amide bonds. The Balaban J connectivity index is 2.17. The van der Waals surface area contributed by atoms with E-state index >= 15 is 0 Å². The van der Waals surface area contributed by atoms with Crippen molar-refractivity contribution in [2.45, 2.75) is 19.4 Å². The van der Waals surface area contributed by atoms with Crippen LogP contribution in [0.1, 0.15) is 12.5 Å². The minimum absolute atomic E-state index is 0.211. The van der Waals surface area contributed by atoms with E-state index in [1.807, 2.05) is 31.2 Å². The molecule has 2 aromatic carbocycles. The highest BCUT2D eigenvalue weighted by molar-refractivity contribution is 5.73. The largest absolute Gasteiger partial charge is 0.497 e. The predicted molar refractivity (Wildman–Crippen MR) is 86.4 cm³/mol. The first-order valence-corrected chi connectivity index (χ1v) is 7.38. The van der Waals surface area contributed by atoms with E-state index in [1.165, 1.54) is 0 Å². The predicted octanol–water partition coefficient (Wildman–Crippen LogP) is 3.17. The minimum Gasteiger partial charge on any atom is -0.497 e. The van der Waals surface area contributed by atoms with Crippen LogP contribution in [-0.4, -0.2) is 30.9 Å². The molecule has 5 heteroatoms. The van der Waals surface area contributed by atoms with Gasteiger partial charge in [-0.1, -0.05) is 24.3 Å². The molecule has 122 valence electrons. The van der Waals surface area contributed by atoms with Gasteiger partial charge in [-0.2, -0.15) is 0 Å². The average molecular weight is 316 g/mol. The molecule has 2 rings (SSSR count). The summed E-state index contributed by atoms with van der Waals surface area (Å²) in [5, 5.41) is 9.45. The lowest BCUT2D eigenvalue weighted by molar-refractivity contribution is -0.145. The van der Waals surface area contributed by atoms with E-state index in [2.05, 4.69) is 0 Å². The van der Waals surface area contributed by atoms with Crippen molar-refractivity contribution in [3.05, 3.63) is 54.1 Å². The number of rotatable bonds is 8. The van der Waals surface area contributed by atoms with Crippen molar-refractivity contribution in [1.82, 2.24) is 0 Å². The van der Waals surface area contributed by atoms with Crippen LogP contribution >= 0.6 is 0 Å². The Kier molecular flexibility index (Phi) is 5.86. The number of ether oxygens (including phenoxy) is 3. The van der Waals surface area contributed by atoms with Gasteiger partial charge in [-0.25, -0.2) is 4.79 Å². The van der Waals surface area contributed by atoms with Crippen molar-refractivity contribution in [3.8, 4) is 17.2 Å². The van der Waals surface area contributed by atoms with Crippen LogP contribution in [0.15, 0.2) is 48.5 Å². The van der Waals surface area contributed by atoms with Crippen molar-refractivity contribution >= 4 is 5.97 Å². The molecular formula is C18H20O5. The summed E-state index contributed by atoms with van der Waals surface area (Å²) < 4.78 is 16.3. The Bertz CT molecular complexity index is 653. The van der Waals surface area contributed by atoms with Crippen LogP contribution < -0.4 is 14.2 Å². The molecule has 1 N–H and O–H groups in total. The van der Waals surface area contributed by atoms with E-state index in [9.17, 15) is 9.90 Å². The van der Waals surface area contributed by atoms with Gasteiger partial charge >= 0.3 is 5.97 Å². The van der Waals surface area contributed by atoms with Crippen LogP contribution in [-0.2, 0) is 11.2 Å². The molecule has 0 spiro atoms. The second kappa shape index (κ2) is 8.08.